The van der Waals surface area contributed by atoms with Crippen molar-refractivity contribution in [3.05, 3.63) is 59.4 Å². The lowest BCUT2D eigenvalue weighted by Gasteiger charge is -2.25. The lowest BCUT2D eigenvalue weighted by atomic mass is 10.0. The topological polar surface area (TPSA) is 73.7 Å². The Morgan fingerprint density at radius 2 is 2.00 bits per heavy atom. The average molecular weight is 320 g/mol. The smallest absolute Gasteiger partial charge is 0.256 e. The molecule has 2 aromatic rings. The quantitative estimate of drug-likeness (QED) is 0.888. The normalized spacial score (nSPS) is 20.7. The maximum Gasteiger partial charge on any atom is 0.256 e. The minimum absolute atomic E-state index is 0.0676. The van der Waals surface area contributed by atoms with Crippen LogP contribution in [0.2, 0.25) is 0 Å². The highest BCUT2D eigenvalue weighted by atomic mass is 19.2. The molecule has 0 radical (unpaired) electrons. The maximum absolute atomic E-state index is 13.4. The number of pyridine rings is 1. The van der Waals surface area contributed by atoms with E-state index < -0.39 is 29.7 Å². The summed E-state index contributed by atoms with van der Waals surface area (Å²) in [4.78, 5) is 17.7. The SMILES string of the molecule is O=C(c1cncc(O)c1)N1C[C@H](O)C[C@H]1c1ccc(F)c(F)c1. The molecule has 1 amide bonds. The number of hydrogen-bond donors (Lipinski definition) is 2. The predicted molar refractivity (Wildman–Crippen MR) is 76.7 cm³/mol. The maximum atomic E-state index is 13.4. The molecule has 3 rings (SSSR count). The summed E-state index contributed by atoms with van der Waals surface area (Å²) in [5.74, 6) is -2.57. The number of carbonyl (C=O) groups is 1. The van der Waals surface area contributed by atoms with Gasteiger partial charge in [-0.15, -0.1) is 0 Å². The van der Waals surface area contributed by atoms with Gasteiger partial charge in [0.15, 0.2) is 11.6 Å². The molecule has 1 aliphatic rings. The average Bonchev–Trinajstić information content (AvgIpc) is 2.91. The highest BCUT2D eigenvalue weighted by molar-refractivity contribution is 5.94. The van der Waals surface area contributed by atoms with Crippen molar-refractivity contribution in [1.29, 1.82) is 0 Å². The molecule has 1 saturated heterocycles. The van der Waals surface area contributed by atoms with Crippen molar-refractivity contribution in [1.82, 2.24) is 9.88 Å². The molecule has 0 unspecified atom stereocenters. The van der Waals surface area contributed by atoms with Crippen molar-refractivity contribution in [2.24, 2.45) is 0 Å². The minimum atomic E-state index is -1.00. The van der Waals surface area contributed by atoms with Crippen LogP contribution in [0.15, 0.2) is 36.7 Å². The van der Waals surface area contributed by atoms with Crippen LogP contribution in [0.4, 0.5) is 8.78 Å². The molecule has 2 heterocycles. The van der Waals surface area contributed by atoms with Crippen LogP contribution in [0.5, 0.6) is 5.75 Å². The molecular formula is C16H14F2N2O3. The third-order valence-corrected chi connectivity index (χ3v) is 3.84. The fourth-order valence-electron chi connectivity index (χ4n) is 2.78. The number of aromatic hydroxyl groups is 1. The number of aliphatic hydroxyl groups is 1. The largest absolute Gasteiger partial charge is 0.506 e. The van der Waals surface area contributed by atoms with Crippen LogP contribution in [-0.2, 0) is 0 Å². The molecule has 0 spiro atoms. The van der Waals surface area contributed by atoms with Gasteiger partial charge in [0.1, 0.15) is 5.75 Å². The summed E-state index contributed by atoms with van der Waals surface area (Å²) in [5.41, 5.74) is 0.564. The Balaban J connectivity index is 1.93. The first-order valence-electron chi connectivity index (χ1n) is 7.03. The standard InChI is InChI=1S/C16H14F2N2O3/c17-13-2-1-9(4-14(13)18)15-5-12(22)8-20(15)16(23)10-3-11(21)7-19-6-10/h1-4,6-7,12,15,21-22H,5,8H2/t12-,15+/m1/s1. The summed E-state index contributed by atoms with van der Waals surface area (Å²) in [6.07, 6.45) is 1.96. The van der Waals surface area contributed by atoms with Crippen LogP contribution in [0.25, 0.3) is 0 Å². The van der Waals surface area contributed by atoms with Crippen LogP contribution in [0.3, 0.4) is 0 Å². The summed E-state index contributed by atoms with van der Waals surface area (Å²) in [6.45, 7) is 0.0676. The first-order valence-corrected chi connectivity index (χ1v) is 7.03. The fourth-order valence-corrected chi connectivity index (χ4v) is 2.78. The molecule has 5 nitrogen and oxygen atoms in total. The van der Waals surface area contributed by atoms with Gasteiger partial charge in [-0.1, -0.05) is 6.07 Å². The van der Waals surface area contributed by atoms with Gasteiger partial charge in [0.25, 0.3) is 5.91 Å². The molecule has 2 N–H and O–H groups in total. The molecule has 1 fully saturated rings. The number of aromatic nitrogens is 1. The number of likely N-dealkylation sites (tertiary alicyclic amines) is 1. The van der Waals surface area contributed by atoms with Crippen molar-refractivity contribution in [2.75, 3.05) is 6.54 Å². The van der Waals surface area contributed by atoms with E-state index in [1.165, 1.54) is 29.4 Å². The van der Waals surface area contributed by atoms with Crippen LogP contribution < -0.4 is 0 Å². The van der Waals surface area contributed by atoms with Crippen molar-refractivity contribution < 1.29 is 23.8 Å². The van der Waals surface area contributed by atoms with Gasteiger partial charge in [-0.3, -0.25) is 9.78 Å². The zero-order valence-corrected chi connectivity index (χ0v) is 12.0. The number of hydrogen-bond acceptors (Lipinski definition) is 4. The van der Waals surface area contributed by atoms with Gasteiger partial charge in [-0.05, 0) is 30.2 Å². The van der Waals surface area contributed by atoms with Gasteiger partial charge in [-0.25, -0.2) is 8.78 Å². The Kier molecular flexibility index (Phi) is 3.96. The molecule has 7 heteroatoms. The van der Waals surface area contributed by atoms with E-state index in [0.29, 0.717) is 5.56 Å². The van der Waals surface area contributed by atoms with E-state index in [1.54, 1.807) is 0 Å². The molecule has 1 aromatic carbocycles. The molecule has 0 bridgehead atoms. The molecule has 0 saturated carbocycles. The Morgan fingerprint density at radius 3 is 2.70 bits per heavy atom. The van der Waals surface area contributed by atoms with Crippen molar-refractivity contribution in [3.8, 4) is 5.75 Å². The first kappa shape index (κ1) is 15.4. The third kappa shape index (κ3) is 3.00. The molecule has 0 aliphatic carbocycles. The second-order valence-electron chi connectivity index (χ2n) is 5.47. The summed E-state index contributed by atoms with van der Waals surface area (Å²) >= 11 is 0. The number of β-amino-alcohol motifs (C(OH)–C–C–N with tert-alkyl or cyclic N) is 1. The molecule has 23 heavy (non-hydrogen) atoms. The van der Waals surface area contributed by atoms with Gasteiger partial charge < -0.3 is 15.1 Å². The van der Waals surface area contributed by atoms with Crippen molar-refractivity contribution in [3.63, 3.8) is 0 Å². The molecule has 2 atom stereocenters. The van der Waals surface area contributed by atoms with E-state index in [9.17, 15) is 23.8 Å². The summed E-state index contributed by atoms with van der Waals surface area (Å²) in [7, 11) is 0. The van der Waals surface area contributed by atoms with Crippen LogP contribution in [-0.4, -0.2) is 38.7 Å². The molecular weight excluding hydrogens is 306 g/mol. The molecule has 1 aromatic heterocycles. The van der Waals surface area contributed by atoms with Crippen LogP contribution >= 0.6 is 0 Å². The van der Waals surface area contributed by atoms with Crippen molar-refractivity contribution >= 4 is 5.91 Å². The van der Waals surface area contributed by atoms with E-state index in [1.807, 2.05) is 0 Å². The van der Waals surface area contributed by atoms with Gasteiger partial charge >= 0.3 is 0 Å². The Bertz CT molecular complexity index is 754. The van der Waals surface area contributed by atoms with Gasteiger partial charge in [0.05, 0.1) is 23.9 Å². The number of aliphatic hydroxyl groups excluding tert-OH is 1. The Labute approximate surface area is 130 Å². The zero-order chi connectivity index (χ0) is 16.6. The lowest BCUT2D eigenvalue weighted by Crippen LogP contribution is -2.31. The van der Waals surface area contributed by atoms with E-state index in [2.05, 4.69) is 4.98 Å². The van der Waals surface area contributed by atoms with E-state index >= 15 is 0 Å². The number of benzene rings is 1. The summed E-state index contributed by atoms with van der Waals surface area (Å²) in [6, 6.07) is 4.10. The van der Waals surface area contributed by atoms with Crippen LogP contribution in [0.1, 0.15) is 28.4 Å². The highest BCUT2D eigenvalue weighted by Crippen LogP contribution is 2.34. The summed E-state index contributed by atoms with van der Waals surface area (Å²) in [5, 5.41) is 19.3. The van der Waals surface area contributed by atoms with Crippen molar-refractivity contribution in [2.45, 2.75) is 18.6 Å². The lowest BCUT2D eigenvalue weighted by molar-refractivity contribution is 0.0714. The monoisotopic (exact) mass is 320 g/mol. The van der Waals surface area contributed by atoms with E-state index in [0.717, 1.165) is 12.1 Å². The van der Waals surface area contributed by atoms with E-state index in [-0.39, 0.29) is 24.3 Å². The second-order valence-corrected chi connectivity index (χ2v) is 5.47. The first-order chi connectivity index (χ1) is 11.0. The van der Waals surface area contributed by atoms with Gasteiger partial charge in [0.2, 0.25) is 0 Å². The summed E-state index contributed by atoms with van der Waals surface area (Å²) < 4.78 is 26.5. The molecule has 1 aliphatic heterocycles. The van der Waals surface area contributed by atoms with Gasteiger partial charge in [0, 0.05) is 12.7 Å². The second kappa shape index (κ2) is 5.92. The minimum Gasteiger partial charge on any atom is -0.506 e. The zero-order valence-electron chi connectivity index (χ0n) is 12.0. The highest BCUT2D eigenvalue weighted by Gasteiger charge is 2.36. The van der Waals surface area contributed by atoms with Crippen LogP contribution in [0, 0.1) is 11.6 Å². The number of amides is 1. The number of halogens is 2. The Hall–Kier alpha value is -2.54. The third-order valence-electron chi connectivity index (χ3n) is 3.84. The fraction of sp³-hybridized carbons (Fsp3) is 0.250. The molecule has 120 valence electrons. The van der Waals surface area contributed by atoms with Gasteiger partial charge in [-0.2, -0.15) is 0 Å². The number of rotatable bonds is 2. The Morgan fingerprint density at radius 1 is 1.22 bits per heavy atom. The van der Waals surface area contributed by atoms with E-state index in [4.69, 9.17) is 0 Å². The predicted octanol–water partition coefficient (Wildman–Crippen LogP) is 2.01. The number of nitrogens with zero attached hydrogens (tertiary/aromatic N) is 2. The number of carbonyl (C=O) groups excluding carboxylic acids is 1.